The molecule has 1 aromatic carbocycles. The molecule has 3 rings (SSSR count). The zero-order chi connectivity index (χ0) is 20.5. The highest BCUT2D eigenvalue weighted by molar-refractivity contribution is 6.21. The number of allylic oxidation sites excluding steroid dienone is 1. The minimum Gasteiger partial charge on any atom is -0.465 e. The lowest BCUT2D eigenvalue weighted by atomic mass is 9.67. The van der Waals surface area contributed by atoms with Crippen molar-refractivity contribution in [3.8, 4) is 0 Å². The predicted octanol–water partition coefficient (Wildman–Crippen LogP) is 1.87. The number of rotatable bonds is 5. The molecular formula is C20H22N2O6. The van der Waals surface area contributed by atoms with Crippen molar-refractivity contribution in [2.24, 2.45) is 5.73 Å². The predicted molar refractivity (Wildman–Crippen MR) is 99.6 cm³/mol. The van der Waals surface area contributed by atoms with Gasteiger partial charge in [0.25, 0.3) is 0 Å². The van der Waals surface area contributed by atoms with Crippen molar-refractivity contribution in [2.75, 3.05) is 19.0 Å². The summed E-state index contributed by atoms with van der Waals surface area (Å²) in [6.07, 6.45) is 0.957. The molecule has 1 aromatic rings. The first-order chi connectivity index (χ1) is 13.4. The van der Waals surface area contributed by atoms with Crippen LogP contribution in [0.4, 0.5) is 5.69 Å². The van der Waals surface area contributed by atoms with E-state index in [2.05, 4.69) is 5.32 Å². The molecule has 2 heterocycles. The molecule has 1 amide bonds. The van der Waals surface area contributed by atoms with Crippen LogP contribution in [0.1, 0.15) is 32.3 Å². The van der Waals surface area contributed by atoms with Gasteiger partial charge in [-0.05, 0) is 19.4 Å². The van der Waals surface area contributed by atoms with E-state index in [-0.39, 0.29) is 29.4 Å². The number of nitrogens with two attached hydrogens (primary N) is 1. The Kier molecular flexibility index (Phi) is 5.13. The summed E-state index contributed by atoms with van der Waals surface area (Å²) in [5.41, 5.74) is 4.88. The molecule has 2 aliphatic heterocycles. The summed E-state index contributed by atoms with van der Waals surface area (Å²) in [6.45, 7) is 3.64. The van der Waals surface area contributed by atoms with Crippen LogP contribution in [0.5, 0.6) is 0 Å². The van der Waals surface area contributed by atoms with E-state index in [0.717, 1.165) is 0 Å². The molecule has 0 saturated carbocycles. The van der Waals surface area contributed by atoms with E-state index in [9.17, 15) is 14.4 Å². The van der Waals surface area contributed by atoms with Crippen LogP contribution in [0.25, 0.3) is 0 Å². The minimum atomic E-state index is -1.80. The fraction of sp³-hybridized carbons (Fsp3) is 0.350. The summed E-state index contributed by atoms with van der Waals surface area (Å²) in [6, 6.07) is 6.80. The number of hydrogen-bond acceptors (Lipinski definition) is 7. The Labute approximate surface area is 162 Å². The molecule has 1 atom stereocenters. The second-order valence-electron chi connectivity index (χ2n) is 6.35. The zero-order valence-electron chi connectivity index (χ0n) is 16.0. The molecule has 0 unspecified atom stereocenters. The molecule has 0 radical (unpaired) electrons. The third-order valence-electron chi connectivity index (χ3n) is 4.77. The molecule has 8 heteroatoms. The van der Waals surface area contributed by atoms with E-state index in [1.165, 1.54) is 7.11 Å². The van der Waals surface area contributed by atoms with Gasteiger partial charge in [-0.15, -0.1) is 0 Å². The second kappa shape index (κ2) is 7.38. The molecule has 0 aliphatic carbocycles. The number of para-hydroxylation sites is 1. The van der Waals surface area contributed by atoms with Gasteiger partial charge in [-0.2, -0.15) is 0 Å². The van der Waals surface area contributed by atoms with Gasteiger partial charge in [0, 0.05) is 17.7 Å². The Bertz CT molecular complexity index is 917. The summed E-state index contributed by atoms with van der Waals surface area (Å²) in [5.74, 6) is -2.25. The third-order valence-corrected chi connectivity index (χ3v) is 4.77. The number of amides is 1. The highest BCUT2D eigenvalue weighted by atomic mass is 16.5. The number of carbonyl (C=O) groups excluding carboxylic acids is 3. The Morgan fingerprint density at radius 2 is 1.89 bits per heavy atom. The Hall–Kier alpha value is -3.29. The maximum absolute atomic E-state index is 13.3. The van der Waals surface area contributed by atoms with Crippen LogP contribution in [0.2, 0.25) is 0 Å². The average molecular weight is 386 g/mol. The monoisotopic (exact) mass is 386 g/mol. The van der Waals surface area contributed by atoms with Crippen LogP contribution >= 0.6 is 0 Å². The standard InChI is InChI=1S/C20H22N2O6/c1-4-8-13-14(18(24)27-5-2)20(15(16(21)28-13)17(23)26-3)11-9-6-7-10-12(11)22-19(20)25/h6-7,9-10H,4-5,8,21H2,1-3H3,(H,22,25)/t20-/m1/s1. The van der Waals surface area contributed by atoms with E-state index in [0.29, 0.717) is 24.1 Å². The van der Waals surface area contributed by atoms with Crippen molar-refractivity contribution < 1.29 is 28.6 Å². The van der Waals surface area contributed by atoms with Gasteiger partial charge in [-0.1, -0.05) is 25.1 Å². The maximum atomic E-state index is 13.3. The van der Waals surface area contributed by atoms with Gasteiger partial charge in [0.1, 0.15) is 22.3 Å². The van der Waals surface area contributed by atoms with Crippen molar-refractivity contribution in [2.45, 2.75) is 32.1 Å². The highest BCUT2D eigenvalue weighted by Gasteiger charge is 2.61. The molecule has 0 saturated heterocycles. The number of nitrogens with one attached hydrogen (secondary N) is 1. The molecular weight excluding hydrogens is 364 g/mol. The van der Waals surface area contributed by atoms with E-state index < -0.39 is 23.3 Å². The summed E-state index contributed by atoms with van der Waals surface area (Å²) in [7, 11) is 1.17. The number of anilines is 1. The SMILES string of the molecule is CCCC1=C(C(=O)OCC)[C@@]2(C(=O)Nc3ccccc32)C(C(=O)OC)=C(N)O1. The molecule has 0 bridgehead atoms. The maximum Gasteiger partial charge on any atom is 0.340 e. The van der Waals surface area contributed by atoms with Crippen LogP contribution < -0.4 is 11.1 Å². The van der Waals surface area contributed by atoms with Crippen LogP contribution in [-0.2, 0) is 34.0 Å². The summed E-state index contributed by atoms with van der Waals surface area (Å²) < 4.78 is 15.8. The van der Waals surface area contributed by atoms with Crippen molar-refractivity contribution in [1.82, 2.24) is 0 Å². The smallest absolute Gasteiger partial charge is 0.340 e. The lowest BCUT2D eigenvalue weighted by molar-refractivity contribution is -0.142. The van der Waals surface area contributed by atoms with Crippen molar-refractivity contribution in [3.05, 3.63) is 52.6 Å². The summed E-state index contributed by atoms with van der Waals surface area (Å²) in [5, 5.41) is 2.74. The largest absolute Gasteiger partial charge is 0.465 e. The van der Waals surface area contributed by atoms with Gasteiger partial charge in [-0.25, -0.2) is 9.59 Å². The molecule has 8 nitrogen and oxygen atoms in total. The number of hydrogen-bond donors (Lipinski definition) is 2. The van der Waals surface area contributed by atoms with Crippen molar-refractivity contribution in [1.29, 1.82) is 0 Å². The van der Waals surface area contributed by atoms with Crippen molar-refractivity contribution in [3.63, 3.8) is 0 Å². The average Bonchev–Trinajstić information content (AvgIpc) is 2.94. The Balaban J connectivity index is 2.42. The number of esters is 2. The number of ether oxygens (including phenoxy) is 3. The van der Waals surface area contributed by atoms with Gasteiger partial charge in [0.2, 0.25) is 11.8 Å². The van der Waals surface area contributed by atoms with E-state index in [4.69, 9.17) is 19.9 Å². The van der Waals surface area contributed by atoms with Gasteiger partial charge in [0.15, 0.2) is 0 Å². The first kappa shape index (κ1) is 19.5. The molecule has 3 N–H and O–H groups in total. The first-order valence-electron chi connectivity index (χ1n) is 9.01. The fourth-order valence-corrected chi connectivity index (χ4v) is 3.74. The lowest BCUT2D eigenvalue weighted by Crippen LogP contribution is -2.48. The first-order valence-corrected chi connectivity index (χ1v) is 9.01. The molecule has 28 heavy (non-hydrogen) atoms. The van der Waals surface area contributed by atoms with E-state index in [1.807, 2.05) is 6.92 Å². The van der Waals surface area contributed by atoms with Crippen molar-refractivity contribution >= 4 is 23.5 Å². The number of methoxy groups -OCH3 is 1. The quantitative estimate of drug-likeness (QED) is 0.742. The van der Waals surface area contributed by atoms with Gasteiger partial charge in [0.05, 0.1) is 13.7 Å². The second-order valence-corrected chi connectivity index (χ2v) is 6.35. The highest BCUT2D eigenvalue weighted by Crippen LogP contribution is 2.52. The molecule has 0 aromatic heterocycles. The molecule has 148 valence electrons. The van der Waals surface area contributed by atoms with Crippen LogP contribution in [0, 0.1) is 0 Å². The third kappa shape index (κ3) is 2.64. The Morgan fingerprint density at radius 1 is 1.18 bits per heavy atom. The van der Waals surface area contributed by atoms with Crippen LogP contribution in [0.15, 0.2) is 47.1 Å². The van der Waals surface area contributed by atoms with Crippen LogP contribution in [0.3, 0.4) is 0 Å². The number of carbonyl (C=O) groups is 3. The number of fused-ring (bicyclic) bond motifs is 2. The van der Waals surface area contributed by atoms with E-state index >= 15 is 0 Å². The Morgan fingerprint density at radius 3 is 2.54 bits per heavy atom. The van der Waals surface area contributed by atoms with E-state index in [1.54, 1.807) is 31.2 Å². The zero-order valence-corrected chi connectivity index (χ0v) is 16.0. The number of benzene rings is 1. The topological polar surface area (TPSA) is 117 Å². The summed E-state index contributed by atoms with van der Waals surface area (Å²) in [4.78, 5) is 39.0. The molecule has 0 fully saturated rings. The van der Waals surface area contributed by atoms with Crippen LogP contribution in [-0.4, -0.2) is 31.6 Å². The minimum absolute atomic E-state index is 0.0479. The van der Waals surface area contributed by atoms with Gasteiger partial charge in [-0.3, -0.25) is 4.79 Å². The molecule has 2 aliphatic rings. The van der Waals surface area contributed by atoms with Gasteiger partial charge < -0.3 is 25.3 Å². The molecule has 1 spiro atoms. The lowest BCUT2D eigenvalue weighted by Gasteiger charge is -2.36. The normalized spacial score (nSPS) is 20.6. The van der Waals surface area contributed by atoms with Gasteiger partial charge >= 0.3 is 11.9 Å². The fourth-order valence-electron chi connectivity index (χ4n) is 3.74. The summed E-state index contributed by atoms with van der Waals surface area (Å²) >= 11 is 0.